The number of amides is 1. The molecule has 1 aliphatic rings. The molecule has 3 nitrogen and oxygen atoms in total. The number of carbonyl (C=O) groups is 1. The Kier molecular flexibility index (Phi) is 3.25. The molecule has 0 saturated carbocycles. The van der Waals surface area contributed by atoms with Gasteiger partial charge in [-0.3, -0.25) is 4.79 Å². The first-order valence-electron chi connectivity index (χ1n) is 5.11. The van der Waals surface area contributed by atoms with Gasteiger partial charge < -0.3 is 4.90 Å². The normalized spacial score (nSPS) is 19.9. The Morgan fingerprint density at radius 2 is 2.25 bits per heavy atom. The van der Waals surface area contributed by atoms with E-state index in [1.807, 2.05) is 24.3 Å². The summed E-state index contributed by atoms with van der Waals surface area (Å²) < 4.78 is 1.00. The van der Waals surface area contributed by atoms with E-state index in [0.717, 1.165) is 10.0 Å². The number of carbonyl (C=O) groups excluding carboxylic acids is 1. The largest absolute Gasteiger partial charge is 0.337 e. The molecule has 1 unspecified atom stereocenters. The fourth-order valence-corrected chi connectivity index (χ4v) is 2.25. The summed E-state index contributed by atoms with van der Waals surface area (Å²) in [5, 5.41) is 8.78. The monoisotopic (exact) mass is 278 g/mol. The summed E-state index contributed by atoms with van der Waals surface area (Å²) in [5.74, 6) is -0.0720. The van der Waals surface area contributed by atoms with E-state index in [-0.39, 0.29) is 11.8 Å². The van der Waals surface area contributed by atoms with Crippen LogP contribution in [0.5, 0.6) is 0 Å². The van der Waals surface area contributed by atoms with Gasteiger partial charge in [0.2, 0.25) is 5.91 Å². The zero-order valence-corrected chi connectivity index (χ0v) is 10.3. The predicted octanol–water partition coefficient (Wildman–Crippen LogP) is 2.32. The molecule has 1 aliphatic heterocycles. The van der Waals surface area contributed by atoms with Gasteiger partial charge in [-0.2, -0.15) is 5.26 Å². The average Bonchev–Trinajstić information content (AvgIpc) is 2.63. The Labute approximate surface area is 103 Å². The van der Waals surface area contributed by atoms with Gasteiger partial charge in [-0.1, -0.05) is 34.1 Å². The first-order chi connectivity index (χ1) is 7.70. The zero-order chi connectivity index (χ0) is 11.5. The van der Waals surface area contributed by atoms with Crippen LogP contribution in [0.15, 0.2) is 28.7 Å². The average molecular weight is 279 g/mol. The third-order valence-electron chi connectivity index (χ3n) is 2.72. The van der Waals surface area contributed by atoms with Crippen LogP contribution in [0.1, 0.15) is 12.0 Å². The molecule has 1 aromatic carbocycles. The highest BCUT2D eigenvalue weighted by Crippen LogP contribution is 2.23. The molecule has 0 spiro atoms. The second-order valence-corrected chi connectivity index (χ2v) is 4.75. The molecule has 82 valence electrons. The second kappa shape index (κ2) is 4.67. The van der Waals surface area contributed by atoms with E-state index in [0.29, 0.717) is 19.5 Å². The molecule has 0 N–H and O–H groups in total. The van der Waals surface area contributed by atoms with E-state index in [1.54, 1.807) is 4.90 Å². The maximum atomic E-state index is 11.6. The van der Waals surface area contributed by atoms with E-state index in [1.165, 1.54) is 0 Å². The van der Waals surface area contributed by atoms with E-state index in [4.69, 9.17) is 5.26 Å². The molecule has 0 aromatic heterocycles. The minimum absolute atomic E-state index is 0.0716. The van der Waals surface area contributed by atoms with E-state index in [2.05, 4.69) is 22.0 Å². The molecule has 4 heteroatoms. The number of nitrogens with zero attached hydrogens (tertiary/aromatic N) is 2. The molecular weight excluding hydrogens is 268 g/mol. The summed E-state index contributed by atoms with van der Waals surface area (Å²) in [5.41, 5.74) is 1.08. The van der Waals surface area contributed by atoms with Crippen molar-refractivity contribution < 1.29 is 4.79 Å². The first kappa shape index (κ1) is 11.2. The van der Waals surface area contributed by atoms with Crippen LogP contribution in [0.2, 0.25) is 0 Å². The number of rotatable bonds is 2. The van der Waals surface area contributed by atoms with Crippen molar-refractivity contribution in [3.63, 3.8) is 0 Å². The molecule has 16 heavy (non-hydrogen) atoms. The van der Waals surface area contributed by atoms with Gasteiger partial charge in [-0.15, -0.1) is 0 Å². The second-order valence-electron chi connectivity index (χ2n) is 3.90. The number of benzene rings is 1. The lowest BCUT2D eigenvalue weighted by Gasteiger charge is -2.16. The number of hydrogen-bond donors (Lipinski definition) is 0. The van der Waals surface area contributed by atoms with E-state index in [9.17, 15) is 4.79 Å². The lowest BCUT2D eigenvalue weighted by atomic mass is 10.1. The molecular formula is C12H11BrN2O. The van der Waals surface area contributed by atoms with Gasteiger partial charge in [-0.25, -0.2) is 0 Å². The standard InChI is InChI=1S/C12H11BrN2O/c13-11-4-2-1-3-10(11)8-15-7-9(6-14)5-12(15)16/h1-4,9H,5,7-8H2. The third-order valence-corrected chi connectivity index (χ3v) is 3.49. The zero-order valence-electron chi connectivity index (χ0n) is 8.69. The first-order valence-corrected chi connectivity index (χ1v) is 5.91. The molecule has 0 radical (unpaired) electrons. The third kappa shape index (κ3) is 2.25. The van der Waals surface area contributed by atoms with Crippen LogP contribution in [0.3, 0.4) is 0 Å². The fourth-order valence-electron chi connectivity index (χ4n) is 1.84. The summed E-state index contributed by atoms with van der Waals surface area (Å²) in [6, 6.07) is 9.98. The number of likely N-dealkylation sites (tertiary alicyclic amines) is 1. The van der Waals surface area contributed by atoms with Crippen LogP contribution in [-0.2, 0) is 11.3 Å². The lowest BCUT2D eigenvalue weighted by molar-refractivity contribution is -0.128. The van der Waals surface area contributed by atoms with Crippen LogP contribution in [-0.4, -0.2) is 17.4 Å². The minimum atomic E-state index is -0.144. The molecule has 1 heterocycles. The van der Waals surface area contributed by atoms with E-state index >= 15 is 0 Å². The number of hydrogen-bond acceptors (Lipinski definition) is 2. The summed E-state index contributed by atoms with van der Waals surface area (Å²) in [4.78, 5) is 13.4. The van der Waals surface area contributed by atoms with Crippen molar-refractivity contribution in [1.82, 2.24) is 4.90 Å². The van der Waals surface area contributed by atoms with Gasteiger partial charge >= 0.3 is 0 Å². The van der Waals surface area contributed by atoms with Crippen molar-refractivity contribution in [1.29, 1.82) is 5.26 Å². The van der Waals surface area contributed by atoms with Crippen molar-refractivity contribution in [3.8, 4) is 6.07 Å². The number of nitriles is 1. The van der Waals surface area contributed by atoms with Gasteiger partial charge in [0.1, 0.15) is 0 Å². The molecule has 0 bridgehead atoms. The quantitative estimate of drug-likeness (QED) is 0.834. The Hall–Kier alpha value is -1.34. The SMILES string of the molecule is N#CC1CC(=O)N(Cc2ccccc2Br)C1. The van der Waals surface area contributed by atoms with Gasteiger partial charge in [0.15, 0.2) is 0 Å². The highest BCUT2D eigenvalue weighted by Gasteiger charge is 2.29. The number of halogens is 1. The van der Waals surface area contributed by atoms with Gasteiger partial charge in [0.05, 0.1) is 12.0 Å². The highest BCUT2D eigenvalue weighted by molar-refractivity contribution is 9.10. The molecule has 1 aromatic rings. The molecule has 0 aliphatic carbocycles. The highest BCUT2D eigenvalue weighted by atomic mass is 79.9. The predicted molar refractivity (Wildman–Crippen MR) is 63.3 cm³/mol. The van der Waals surface area contributed by atoms with Crippen LogP contribution in [0.4, 0.5) is 0 Å². The van der Waals surface area contributed by atoms with Crippen LogP contribution in [0, 0.1) is 17.2 Å². The Bertz CT molecular complexity index is 453. The van der Waals surface area contributed by atoms with E-state index < -0.39 is 0 Å². The smallest absolute Gasteiger partial charge is 0.224 e. The van der Waals surface area contributed by atoms with Gasteiger partial charge in [-0.05, 0) is 11.6 Å². The van der Waals surface area contributed by atoms with Gasteiger partial charge in [0, 0.05) is 24.0 Å². The summed E-state index contributed by atoms with van der Waals surface area (Å²) in [7, 11) is 0. The fraction of sp³-hybridized carbons (Fsp3) is 0.333. The molecule has 1 amide bonds. The molecule has 1 fully saturated rings. The summed E-state index contributed by atoms with van der Waals surface area (Å²) in [6.45, 7) is 1.13. The van der Waals surface area contributed by atoms with Crippen molar-refractivity contribution in [3.05, 3.63) is 34.3 Å². The van der Waals surface area contributed by atoms with Crippen molar-refractivity contribution in [2.24, 2.45) is 5.92 Å². The maximum Gasteiger partial charge on any atom is 0.224 e. The van der Waals surface area contributed by atoms with Crippen LogP contribution < -0.4 is 0 Å². The lowest BCUT2D eigenvalue weighted by Crippen LogP contribution is -2.24. The Morgan fingerprint density at radius 3 is 2.88 bits per heavy atom. The minimum Gasteiger partial charge on any atom is -0.337 e. The summed E-state index contributed by atoms with van der Waals surface area (Å²) >= 11 is 3.45. The van der Waals surface area contributed by atoms with Crippen molar-refractivity contribution >= 4 is 21.8 Å². The molecule has 2 rings (SSSR count). The molecule has 1 atom stereocenters. The Balaban J connectivity index is 2.09. The summed E-state index contributed by atoms with van der Waals surface area (Å²) in [6.07, 6.45) is 0.362. The maximum absolute atomic E-state index is 11.6. The van der Waals surface area contributed by atoms with Crippen LogP contribution >= 0.6 is 15.9 Å². The topological polar surface area (TPSA) is 44.1 Å². The Morgan fingerprint density at radius 1 is 1.50 bits per heavy atom. The van der Waals surface area contributed by atoms with Crippen molar-refractivity contribution in [2.75, 3.05) is 6.54 Å². The molecule has 1 saturated heterocycles. The van der Waals surface area contributed by atoms with Crippen LogP contribution in [0.25, 0.3) is 0 Å². The van der Waals surface area contributed by atoms with Gasteiger partial charge in [0.25, 0.3) is 0 Å². The van der Waals surface area contributed by atoms with Crippen molar-refractivity contribution in [2.45, 2.75) is 13.0 Å².